The topological polar surface area (TPSA) is 340 Å². The van der Waals surface area contributed by atoms with E-state index in [0.29, 0.717) is 0 Å². The molecule has 0 spiro atoms. The number of ether oxygens (including phenoxy) is 4. The van der Waals surface area contributed by atoms with Gasteiger partial charge in [0.05, 0.1) is 17.9 Å². The Morgan fingerprint density at radius 1 is 0.453 bits per heavy atom. The van der Waals surface area contributed by atoms with Crippen molar-refractivity contribution in [1.29, 1.82) is 0 Å². The summed E-state index contributed by atoms with van der Waals surface area (Å²) in [5.41, 5.74) is -1.07. The number of benzene rings is 6. The number of rotatable bonds is 4. The van der Waals surface area contributed by atoms with Crippen molar-refractivity contribution in [2.45, 2.75) is 54.6 Å². The normalized spacial score (nSPS) is 25.0. The summed E-state index contributed by atoms with van der Waals surface area (Å²) in [6, 6.07) is 13.0. The number of aliphatic hydroxyl groups excluding tert-OH is 3. The van der Waals surface area contributed by atoms with Crippen LogP contribution in [0.2, 0.25) is 0 Å². The Labute approximate surface area is 358 Å². The Bertz CT molecular complexity index is 2950. The highest BCUT2D eigenvalue weighted by molar-refractivity contribution is 5.72. The van der Waals surface area contributed by atoms with Crippen LogP contribution in [-0.2, 0) is 12.2 Å². The zero-order valence-electron chi connectivity index (χ0n) is 32.5. The lowest BCUT2D eigenvalue weighted by atomic mass is 9.71. The standard InChI is InChI=1S/C45H36O19/c46-17-9-24(52)32-30(10-17)63-45(16-2-4-20(48)23(51)8-16)44(60)37(32)35-31(64-45)13-26(54)34-36(39(59)41(62-43(34)35)14-1-3-19(47)22(50)5-14)33-25(53)12-21(49)18-11-29(57)40(61-42(18)33)15-6-27(55)38(58)28(56)7-15/h1-10,12-13,29,36-37,39-41,44,46-60H,11H2/t29-,36-,37-,39-,40-,41-,44-,45+/m1/s1. The van der Waals surface area contributed by atoms with E-state index in [4.69, 9.17) is 18.9 Å². The number of phenols is 12. The SMILES string of the molecule is Oc1cc(O)c2c(c1)O[C@@]1(c3ccc(O)c(O)c3)Oc3cc(O)c4c(c3[C@@H]2[C@H]1O)O[C@H](c1ccc(O)c(O)c1)[C@H](O)[C@@H]4c1c(O)cc(O)c2c1O[C@H](c1cc(O)c(O)c(O)c1)[C@H](O)C2. The van der Waals surface area contributed by atoms with Gasteiger partial charge in [-0.3, -0.25) is 0 Å². The van der Waals surface area contributed by atoms with Gasteiger partial charge in [-0.15, -0.1) is 0 Å². The van der Waals surface area contributed by atoms with Gasteiger partial charge in [-0.25, -0.2) is 0 Å². The molecule has 330 valence electrons. The highest BCUT2D eigenvalue weighted by Crippen LogP contribution is 2.65. The molecule has 19 heteroatoms. The summed E-state index contributed by atoms with van der Waals surface area (Å²) in [5, 5.41) is 166. The minimum atomic E-state index is -2.33. The lowest BCUT2D eigenvalue weighted by molar-refractivity contribution is -0.219. The van der Waals surface area contributed by atoms with Crippen LogP contribution in [0.1, 0.15) is 68.6 Å². The molecule has 0 fully saturated rings. The summed E-state index contributed by atoms with van der Waals surface area (Å²) in [6.45, 7) is 0. The molecule has 0 radical (unpaired) electrons. The minimum Gasteiger partial charge on any atom is -0.508 e. The molecule has 0 aromatic heterocycles. The van der Waals surface area contributed by atoms with Gasteiger partial charge in [0.25, 0.3) is 0 Å². The van der Waals surface area contributed by atoms with Gasteiger partial charge in [0.1, 0.15) is 64.0 Å². The molecule has 0 saturated carbocycles. The maximum absolute atomic E-state index is 12.5. The average Bonchev–Trinajstić information content (AvgIpc) is 3.22. The second-order valence-corrected chi connectivity index (χ2v) is 16.0. The fourth-order valence-electron chi connectivity index (χ4n) is 9.39. The van der Waals surface area contributed by atoms with E-state index >= 15 is 0 Å². The van der Waals surface area contributed by atoms with Crippen molar-refractivity contribution in [3.63, 3.8) is 0 Å². The molecule has 0 aliphatic carbocycles. The molecule has 6 aromatic rings. The van der Waals surface area contributed by atoms with E-state index in [0.717, 1.165) is 60.7 Å². The molecule has 4 heterocycles. The Balaban J connectivity index is 1.25. The average molecular weight is 881 g/mol. The molecule has 64 heavy (non-hydrogen) atoms. The molecule has 0 saturated heterocycles. The van der Waals surface area contributed by atoms with Crippen molar-refractivity contribution in [2.24, 2.45) is 0 Å². The zero-order valence-corrected chi connectivity index (χ0v) is 32.5. The van der Waals surface area contributed by atoms with E-state index in [1.54, 1.807) is 0 Å². The van der Waals surface area contributed by atoms with Crippen molar-refractivity contribution in [2.75, 3.05) is 0 Å². The van der Waals surface area contributed by atoms with Crippen LogP contribution >= 0.6 is 0 Å². The van der Waals surface area contributed by atoms with Crippen molar-refractivity contribution >= 4 is 0 Å². The fourth-order valence-corrected chi connectivity index (χ4v) is 9.39. The quantitative estimate of drug-likeness (QED) is 0.111. The minimum absolute atomic E-state index is 0.0123. The Kier molecular flexibility index (Phi) is 8.61. The Morgan fingerprint density at radius 3 is 1.70 bits per heavy atom. The van der Waals surface area contributed by atoms with E-state index in [2.05, 4.69) is 0 Å². The van der Waals surface area contributed by atoms with Crippen LogP contribution in [0, 0.1) is 0 Å². The summed E-state index contributed by atoms with van der Waals surface area (Å²) >= 11 is 0. The smallest absolute Gasteiger partial charge is 0.305 e. The first-order valence-electron chi connectivity index (χ1n) is 19.5. The number of phenolic OH excluding ortho intramolecular Hbond substituents is 12. The third-order valence-corrected chi connectivity index (χ3v) is 12.3. The van der Waals surface area contributed by atoms with Gasteiger partial charge < -0.3 is 95.5 Å². The van der Waals surface area contributed by atoms with Crippen LogP contribution in [0.5, 0.6) is 92.0 Å². The first-order chi connectivity index (χ1) is 30.4. The number of aliphatic hydroxyl groups is 3. The number of aromatic hydroxyl groups is 12. The summed E-state index contributed by atoms with van der Waals surface area (Å²) in [4.78, 5) is 0. The molecule has 4 aliphatic heterocycles. The van der Waals surface area contributed by atoms with Gasteiger partial charge in [-0.2, -0.15) is 0 Å². The lowest BCUT2D eigenvalue weighted by Crippen LogP contribution is -2.57. The molecular weight excluding hydrogens is 844 g/mol. The zero-order chi connectivity index (χ0) is 45.4. The van der Waals surface area contributed by atoms with Crippen LogP contribution in [0.15, 0.2) is 72.8 Å². The predicted molar refractivity (Wildman–Crippen MR) is 214 cm³/mol. The third kappa shape index (κ3) is 5.64. The van der Waals surface area contributed by atoms with E-state index in [1.807, 2.05) is 0 Å². The monoisotopic (exact) mass is 880 g/mol. The van der Waals surface area contributed by atoms with E-state index < -0.39 is 117 Å². The van der Waals surface area contributed by atoms with Crippen molar-refractivity contribution in [1.82, 2.24) is 0 Å². The van der Waals surface area contributed by atoms with E-state index in [-0.39, 0.29) is 73.9 Å². The summed E-state index contributed by atoms with van der Waals surface area (Å²) in [7, 11) is 0. The molecule has 2 bridgehead atoms. The number of hydrogen-bond donors (Lipinski definition) is 15. The van der Waals surface area contributed by atoms with Gasteiger partial charge in [0, 0.05) is 69.6 Å². The summed E-state index contributed by atoms with van der Waals surface area (Å²) in [5.74, 6) is -14.5. The number of hydrogen-bond acceptors (Lipinski definition) is 19. The maximum Gasteiger partial charge on any atom is 0.305 e. The van der Waals surface area contributed by atoms with Gasteiger partial charge in [-0.1, -0.05) is 6.07 Å². The highest BCUT2D eigenvalue weighted by atomic mass is 16.7. The van der Waals surface area contributed by atoms with Crippen LogP contribution in [0.25, 0.3) is 0 Å². The van der Waals surface area contributed by atoms with Crippen LogP contribution < -0.4 is 18.9 Å². The second-order valence-electron chi connectivity index (χ2n) is 16.0. The molecule has 15 N–H and O–H groups in total. The molecule has 6 aromatic carbocycles. The highest BCUT2D eigenvalue weighted by Gasteiger charge is 2.61. The maximum atomic E-state index is 12.5. The molecular formula is C45H36O19. The van der Waals surface area contributed by atoms with Crippen molar-refractivity contribution < 1.29 is 95.5 Å². The molecule has 8 atom stereocenters. The summed E-state index contributed by atoms with van der Waals surface area (Å²) in [6.07, 6.45) is -8.76. The largest absolute Gasteiger partial charge is 0.508 e. The Hall–Kier alpha value is -8.00. The van der Waals surface area contributed by atoms with Gasteiger partial charge in [0.2, 0.25) is 0 Å². The fraction of sp³-hybridized carbons (Fsp3) is 0.200. The van der Waals surface area contributed by atoms with Crippen LogP contribution in [-0.4, -0.2) is 94.9 Å². The van der Waals surface area contributed by atoms with Gasteiger partial charge >= 0.3 is 5.79 Å². The molecule has 0 unspecified atom stereocenters. The lowest BCUT2D eigenvalue weighted by Gasteiger charge is -2.51. The van der Waals surface area contributed by atoms with Crippen LogP contribution in [0.4, 0.5) is 0 Å². The second kappa shape index (κ2) is 13.8. The molecule has 0 amide bonds. The van der Waals surface area contributed by atoms with Crippen molar-refractivity contribution in [3.05, 3.63) is 117 Å². The molecule has 19 nitrogen and oxygen atoms in total. The third-order valence-electron chi connectivity index (χ3n) is 12.3. The summed E-state index contributed by atoms with van der Waals surface area (Å²) < 4.78 is 25.6. The van der Waals surface area contributed by atoms with E-state index in [9.17, 15) is 76.6 Å². The molecule has 10 rings (SSSR count). The van der Waals surface area contributed by atoms with Gasteiger partial charge in [-0.05, 0) is 48.0 Å². The Morgan fingerprint density at radius 2 is 1.03 bits per heavy atom. The number of fused-ring (bicyclic) bond motifs is 9. The van der Waals surface area contributed by atoms with Crippen LogP contribution in [0.3, 0.4) is 0 Å². The molecule has 4 aliphatic rings. The van der Waals surface area contributed by atoms with Crippen molar-refractivity contribution in [3.8, 4) is 92.0 Å². The van der Waals surface area contributed by atoms with Gasteiger partial charge in [0.15, 0.2) is 52.5 Å². The first-order valence-corrected chi connectivity index (χ1v) is 19.5. The van der Waals surface area contributed by atoms with E-state index in [1.165, 1.54) is 12.1 Å². The predicted octanol–water partition coefficient (Wildman–Crippen LogP) is 3.95. The first kappa shape index (κ1) is 40.1.